The third-order valence-corrected chi connectivity index (χ3v) is 4.81. The van der Waals surface area contributed by atoms with E-state index in [2.05, 4.69) is 14.7 Å². The van der Waals surface area contributed by atoms with Crippen LogP contribution in [0.2, 0.25) is 0 Å². The molecule has 3 N–H and O–H groups in total. The number of rotatable bonds is 4. The highest BCUT2D eigenvalue weighted by Crippen LogP contribution is 2.14. The number of nitrogens with two attached hydrogens (primary N) is 1. The summed E-state index contributed by atoms with van der Waals surface area (Å²) in [7, 11) is -1.06. The largest absolute Gasteiger partial charge is 0.323 e. The summed E-state index contributed by atoms with van der Waals surface area (Å²) in [6.45, 7) is 9.72. The van der Waals surface area contributed by atoms with Crippen LogP contribution in [-0.2, 0) is 11.0 Å². The number of aromatic nitrogens is 2. The molecule has 0 radical (unpaired) electrons. The fourth-order valence-electron chi connectivity index (χ4n) is 1.68. The van der Waals surface area contributed by atoms with Crippen LogP contribution in [0, 0.1) is 0 Å². The van der Waals surface area contributed by atoms with Crippen molar-refractivity contribution in [3.63, 3.8) is 0 Å². The molecular weight excluding hydrogens is 391 g/mol. The zero-order chi connectivity index (χ0) is 18.2. The van der Waals surface area contributed by atoms with Gasteiger partial charge in [-0.1, -0.05) is 12.1 Å². The Bertz CT molecular complexity index is 622. The average Bonchev–Trinajstić information content (AvgIpc) is 2.56. The molecule has 0 amide bonds. The molecule has 5 nitrogen and oxygen atoms in total. The first-order chi connectivity index (χ1) is 11.2. The minimum atomic E-state index is -1.06. The first-order valence-corrected chi connectivity index (χ1v) is 9.12. The van der Waals surface area contributed by atoms with Crippen molar-refractivity contribution in [1.29, 1.82) is 0 Å². The Hall–Kier alpha value is -1.05. The smallest absolute Gasteiger partial charge is 0.0976 e. The lowest BCUT2D eigenvalue weighted by molar-refractivity contribution is 0.611. The van der Waals surface area contributed by atoms with Crippen LogP contribution < -0.4 is 10.5 Å². The van der Waals surface area contributed by atoms with Crippen LogP contribution in [0.3, 0.4) is 0 Å². The first kappa shape index (κ1) is 27.2. The third kappa shape index (κ3) is 10.2. The second-order valence-corrected chi connectivity index (χ2v) is 8.52. The Morgan fingerprint density at radius 1 is 0.962 bits per heavy atom. The van der Waals surface area contributed by atoms with E-state index in [-0.39, 0.29) is 41.6 Å². The van der Waals surface area contributed by atoms with Crippen LogP contribution >= 0.6 is 24.8 Å². The van der Waals surface area contributed by atoms with Gasteiger partial charge in [-0.05, 0) is 58.9 Å². The van der Waals surface area contributed by atoms with Crippen molar-refractivity contribution in [2.45, 2.75) is 51.4 Å². The van der Waals surface area contributed by atoms with Gasteiger partial charge in [-0.15, -0.1) is 24.8 Å². The summed E-state index contributed by atoms with van der Waals surface area (Å²) in [5.74, 6) is 0. The van der Waals surface area contributed by atoms with Crippen LogP contribution in [0.15, 0.2) is 48.8 Å². The summed E-state index contributed by atoms with van der Waals surface area (Å²) >= 11 is 0. The second-order valence-electron chi connectivity index (χ2n) is 6.52. The molecule has 2 rings (SSSR count). The molecular formula is C18H30Cl2N4OS. The van der Waals surface area contributed by atoms with E-state index in [1.165, 1.54) is 0 Å². The van der Waals surface area contributed by atoms with E-state index < -0.39 is 11.0 Å². The zero-order valence-corrected chi connectivity index (χ0v) is 18.3. The van der Waals surface area contributed by atoms with Crippen LogP contribution in [0.5, 0.6) is 0 Å². The van der Waals surface area contributed by atoms with Gasteiger partial charge in [-0.3, -0.25) is 9.97 Å². The number of halogens is 2. The molecule has 2 aromatic rings. The van der Waals surface area contributed by atoms with Crippen molar-refractivity contribution in [2.75, 3.05) is 0 Å². The highest BCUT2D eigenvalue weighted by molar-refractivity contribution is 7.84. The monoisotopic (exact) mass is 420 g/mol. The Morgan fingerprint density at radius 3 is 1.73 bits per heavy atom. The molecule has 0 saturated heterocycles. The second kappa shape index (κ2) is 13.2. The lowest BCUT2D eigenvalue weighted by Crippen LogP contribution is -2.35. The van der Waals surface area contributed by atoms with Gasteiger partial charge in [0.25, 0.3) is 0 Å². The van der Waals surface area contributed by atoms with Crippen LogP contribution in [-0.4, -0.2) is 18.9 Å². The highest BCUT2D eigenvalue weighted by Gasteiger charge is 2.21. The molecule has 2 aromatic heterocycles. The van der Waals surface area contributed by atoms with Crippen molar-refractivity contribution in [3.05, 3.63) is 60.2 Å². The number of hydrogen-bond acceptors (Lipinski definition) is 4. The van der Waals surface area contributed by atoms with Crippen LogP contribution in [0.1, 0.15) is 58.1 Å². The standard InChI is InChI=1S/C11H18N2OS.C7H10N2.2ClH/c1-9(10-7-5-6-8-12-10)13-15(14)11(2,3)4;1-6(8)7-4-2-3-5-9-7;;/h5-9,13H,1-4H3;2-6H,8H2,1H3;2*1H/t9-,15-;6-;;/m11../s1. The van der Waals surface area contributed by atoms with E-state index >= 15 is 0 Å². The maximum absolute atomic E-state index is 11.8. The summed E-state index contributed by atoms with van der Waals surface area (Å²) in [6, 6.07) is 11.5. The van der Waals surface area contributed by atoms with Gasteiger partial charge in [0.2, 0.25) is 0 Å². The molecule has 3 atom stereocenters. The van der Waals surface area contributed by atoms with Gasteiger partial charge in [-0.2, -0.15) is 0 Å². The molecule has 0 fully saturated rings. The summed E-state index contributed by atoms with van der Waals surface area (Å²) in [5.41, 5.74) is 7.41. The fourth-order valence-corrected chi connectivity index (χ4v) is 2.47. The summed E-state index contributed by atoms with van der Waals surface area (Å²) in [4.78, 5) is 8.27. The summed E-state index contributed by atoms with van der Waals surface area (Å²) in [6.07, 6.45) is 3.49. The van der Waals surface area contributed by atoms with E-state index in [1.54, 1.807) is 12.4 Å². The zero-order valence-electron chi connectivity index (χ0n) is 15.9. The van der Waals surface area contributed by atoms with Crippen molar-refractivity contribution >= 4 is 35.8 Å². The van der Waals surface area contributed by atoms with Gasteiger partial charge in [0.15, 0.2) is 0 Å². The lowest BCUT2D eigenvalue weighted by Gasteiger charge is -2.21. The molecule has 0 unspecified atom stereocenters. The predicted molar refractivity (Wildman–Crippen MR) is 115 cm³/mol. The number of hydrogen-bond donors (Lipinski definition) is 2. The van der Waals surface area contributed by atoms with E-state index in [0.717, 1.165) is 11.4 Å². The van der Waals surface area contributed by atoms with E-state index in [1.807, 2.05) is 71.0 Å². The molecule has 0 spiro atoms. The summed E-state index contributed by atoms with van der Waals surface area (Å²) in [5, 5.41) is 0. The quantitative estimate of drug-likeness (QED) is 0.778. The molecule has 0 aliphatic carbocycles. The maximum Gasteiger partial charge on any atom is 0.0976 e. The number of nitrogens with zero attached hydrogens (tertiary/aromatic N) is 2. The molecule has 148 valence electrons. The molecule has 0 saturated carbocycles. The SMILES string of the molecule is C[C@@H](N)c1ccccn1.C[C@@H](N[S@](=O)C(C)(C)C)c1ccccn1.Cl.Cl. The van der Waals surface area contributed by atoms with Gasteiger partial charge in [0, 0.05) is 18.4 Å². The predicted octanol–water partition coefficient (Wildman–Crippen LogP) is 4.14. The van der Waals surface area contributed by atoms with E-state index in [9.17, 15) is 4.21 Å². The minimum absolute atomic E-state index is 0. The van der Waals surface area contributed by atoms with Crippen LogP contribution in [0.4, 0.5) is 0 Å². The van der Waals surface area contributed by atoms with E-state index in [4.69, 9.17) is 5.73 Å². The fraction of sp³-hybridized carbons (Fsp3) is 0.444. The Kier molecular flexibility index (Phi) is 13.8. The Balaban J connectivity index is 0. The van der Waals surface area contributed by atoms with E-state index in [0.29, 0.717) is 0 Å². The maximum atomic E-state index is 11.8. The summed E-state index contributed by atoms with van der Waals surface area (Å²) < 4.78 is 14.6. The Labute approximate surface area is 172 Å². The van der Waals surface area contributed by atoms with Gasteiger partial charge in [0.05, 0.1) is 33.2 Å². The van der Waals surface area contributed by atoms with Gasteiger partial charge in [-0.25, -0.2) is 8.93 Å². The van der Waals surface area contributed by atoms with Crippen molar-refractivity contribution in [1.82, 2.24) is 14.7 Å². The molecule has 0 bridgehead atoms. The molecule has 0 aliphatic rings. The van der Waals surface area contributed by atoms with Gasteiger partial charge < -0.3 is 5.73 Å². The van der Waals surface area contributed by atoms with Crippen LogP contribution in [0.25, 0.3) is 0 Å². The third-order valence-electron chi connectivity index (χ3n) is 3.13. The minimum Gasteiger partial charge on any atom is -0.323 e. The molecule has 0 aliphatic heterocycles. The molecule has 26 heavy (non-hydrogen) atoms. The average molecular weight is 421 g/mol. The first-order valence-electron chi connectivity index (χ1n) is 7.97. The molecule has 2 heterocycles. The number of pyridine rings is 2. The van der Waals surface area contributed by atoms with Crippen molar-refractivity contribution < 1.29 is 4.21 Å². The van der Waals surface area contributed by atoms with Gasteiger partial charge in [0.1, 0.15) is 0 Å². The lowest BCUT2D eigenvalue weighted by atomic mass is 10.2. The highest BCUT2D eigenvalue weighted by atomic mass is 35.5. The van der Waals surface area contributed by atoms with Crippen molar-refractivity contribution in [3.8, 4) is 0 Å². The topological polar surface area (TPSA) is 80.9 Å². The van der Waals surface area contributed by atoms with Crippen molar-refractivity contribution in [2.24, 2.45) is 5.73 Å². The number of nitrogens with one attached hydrogen (secondary N) is 1. The normalized spacial score (nSPS) is 13.8. The Morgan fingerprint density at radius 2 is 1.42 bits per heavy atom. The molecule has 8 heteroatoms. The van der Waals surface area contributed by atoms with Gasteiger partial charge >= 0.3 is 0 Å². The molecule has 0 aromatic carbocycles.